The highest BCUT2D eigenvalue weighted by atomic mass is 19.1. The summed E-state index contributed by atoms with van der Waals surface area (Å²) in [5.74, 6) is -1.38. The predicted molar refractivity (Wildman–Crippen MR) is 114 cm³/mol. The summed E-state index contributed by atoms with van der Waals surface area (Å²) in [6.45, 7) is 1.67. The molecule has 4 rings (SSSR count). The van der Waals surface area contributed by atoms with Crippen LogP contribution in [0.4, 0.5) is 4.39 Å². The molecule has 0 fully saturated rings. The molecule has 0 bridgehead atoms. The van der Waals surface area contributed by atoms with Crippen molar-refractivity contribution in [2.75, 3.05) is 0 Å². The van der Waals surface area contributed by atoms with Gasteiger partial charge in [0, 0.05) is 16.7 Å². The third-order valence-electron chi connectivity index (χ3n) is 4.82. The fourth-order valence-electron chi connectivity index (χ4n) is 3.21. The van der Waals surface area contributed by atoms with Crippen molar-refractivity contribution in [1.82, 2.24) is 10.9 Å². The molecular formula is C24H17FN2O4. The lowest BCUT2D eigenvalue weighted by Gasteiger charge is -2.11. The maximum atomic E-state index is 13.0. The van der Waals surface area contributed by atoms with Gasteiger partial charge in [-0.05, 0) is 43.3 Å². The van der Waals surface area contributed by atoms with Gasteiger partial charge in [-0.2, -0.15) is 0 Å². The van der Waals surface area contributed by atoms with Crippen molar-refractivity contribution in [3.63, 3.8) is 0 Å². The van der Waals surface area contributed by atoms with Crippen LogP contribution in [0, 0.1) is 12.7 Å². The average molecular weight is 416 g/mol. The van der Waals surface area contributed by atoms with Crippen LogP contribution >= 0.6 is 0 Å². The molecule has 0 radical (unpaired) electrons. The van der Waals surface area contributed by atoms with Crippen LogP contribution in [0.25, 0.3) is 22.3 Å². The Labute approximate surface area is 176 Å². The van der Waals surface area contributed by atoms with Crippen molar-refractivity contribution >= 4 is 22.8 Å². The first-order valence-corrected chi connectivity index (χ1v) is 9.44. The van der Waals surface area contributed by atoms with Crippen LogP contribution in [0.5, 0.6) is 0 Å². The molecule has 2 amide bonds. The highest BCUT2D eigenvalue weighted by molar-refractivity contribution is 6.06. The van der Waals surface area contributed by atoms with Gasteiger partial charge in [-0.3, -0.25) is 25.2 Å². The molecule has 0 atom stereocenters. The molecular weight excluding hydrogens is 399 g/mol. The second-order valence-electron chi connectivity index (χ2n) is 6.85. The number of fused-ring (bicyclic) bond motifs is 1. The summed E-state index contributed by atoms with van der Waals surface area (Å²) in [5, 5.41) is 0.259. The number of benzene rings is 3. The van der Waals surface area contributed by atoms with Crippen molar-refractivity contribution in [1.29, 1.82) is 0 Å². The highest BCUT2D eigenvalue weighted by Crippen LogP contribution is 2.27. The maximum Gasteiger partial charge on any atom is 0.273 e. The largest absolute Gasteiger partial charge is 0.455 e. The summed E-state index contributed by atoms with van der Waals surface area (Å²) in [5.41, 5.74) is 5.85. The minimum atomic E-state index is -0.660. The van der Waals surface area contributed by atoms with E-state index < -0.39 is 17.6 Å². The van der Waals surface area contributed by atoms with E-state index in [1.807, 2.05) is 30.3 Å². The van der Waals surface area contributed by atoms with Crippen molar-refractivity contribution in [2.24, 2.45) is 0 Å². The van der Waals surface area contributed by atoms with E-state index in [2.05, 4.69) is 10.9 Å². The van der Waals surface area contributed by atoms with Crippen molar-refractivity contribution < 1.29 is 18.4 Å². The number of amides is 2. The number of nitrogens with one attached hydrogen (secondary N) is 2. The molecule has 0 unspecified atom stereocenters. The first kappa shape index (κ1) is 20.0. The summed E-state index contributed by atoms with van der Waals surface area (Å²) in [6, 6.07) is 18.6. The minimum absolute atomic E-state index is 0.0891. The van der Waals surface area contributed by atoms with Crippen LogP contribution in [-0.2, 0) is 0 Å². The zero-order valence-electron chi connectivity index (χ0n) is 16.4. The van der Waals surface area contributed by atoms with Gasteiger partial charge >= 0.3 is 0 Å². The van der Waals surface area contributed by atoms with Gasteiger partial charge < -0.3 is 4.42 Å². The standard InChI is InChI=1S/C24H17FN2O4/c1-14-20(28)18-8-5-9-19(22(18)31-21(14)15-6-3-2-4-7-15)24(30)27-26-23(29)16-10-12-17(25)13-11-16/h2-13H,1H3,(H,26,29)(H,27,30). The zero-order valence-corrected chi connectivity index (χ0v) is 16.4. The van der Waals surface area contributed by atoms with Gasteiger partial charge in [0.1, 0.15) is 11.6 Å². The molecule has 154 valence electrons. The van der Waals surface area contributed by atoms with Gasteiger partial charge in [0.15, 0.2) is 11.0 Å². The SMILES string of the molecule is Cc1c(-c2ccccc2)oc2c(C(=O)NNC(=O)c3ccc(F)cc3)cccc2c1=O. The monoisotopic (exact) mass is 416 g/mol. The Morgan fingerprint density at radius 2 is 1.52 bits per heavy atom. The molecule has 1 heterocycles. The number of para-hydroxylation sites is 1. The summed E-state index contributed by atoms with van der Waals surface area (Å²) < 4.78 is 19.0. The summed E-state index contributed by atoms with van der Waals surface area (Å²) >= 11 is 0. The Morgan fingerprint density at radius 3 is 2.23 bits per heavy atom. The summed E-state index contributed by atoms with van der Waals surface area (Å²) in [4.78, 5) is 37.8. The van der Waals surface area contributed by atoms with Crippen molar-refractivity contribution in [2.45, 2.75) is 6.92 Å². The van der Waals surface area contributed by atoms with Crippen LogP contribution < -0.4 is 16.3 Å². The van der Waals surface area contributed by atoms with E-state index in [0.717, 1.165) is 12.1 Å². The van der Waals surface area contributed by atoms with Gasteiger partial charge in [0.2, 0.25) is 0 Å². The van der Waals surface area contributed by atoms with Crippen LogP contribution in [-0.4, -0.2) is 11.8 Å². The summed E-state index contributed by atoms with van der Waals surface area (Å²) in [7, 11) is 0. The number of hydrogen-bond acceptors (Lipinski definition) is 4. The van der Waals surface area contributed by atoms with Crippen molar-refractivity contribution in [3.05, 3.63) is 106 Å². The first-order valence-electron chi connectivity index (χ1n) is 9.44. The molecule has 0 spiro atoms. The number of hydrazine groups is 1. The third-order valence-corrected chi connectivity index (χ3v) is 4.82. The molecule has 6 nitrogen and oxygen atoms in total. The van der Waals surface area contributed by atoms with Gasteiger partial charge in [-0.25, -0.2) is 4.39 Å². The van der Waals surface area contributed by atoms with Crippen LogP contribution in [0.15, 0.2) is 82.0 Å². The fraction of sp³-hybridized carbons (Fsp3) is 0.0417. The smallest absolute Gasteiger partial charge is 0.273 e. The molecule has 3 aromatic carbocycles. The molecule has 7 heteroatoms. The molecule has 4 aromatic rings. The van der Waals surface area contributed by atoms with E-state index >= 15 is 0 Å². The lowest BCUT2D eigenvalue weighted by molar-refractivity contribution is 0.0847. The van der Waals surface area contributed by atoms with Crippen LogP contribution in [0.1, 0.15) is 26.3 Å². The van der Waals surface area contributed by atoms with Crippen LogP contribution in [0.2, 0.25) is 0 Å². The average Bonchev–Trinajstić information content (AvgIpc) is 2.80. The summed E-state index contributed by atoms with van der Waals surface area (Å²) in [6.07, 6.45) is 0. The van der Waals surface area contributed by atoms with E-state index in [-0.39, 0.29) is 27.5 Å². The van der Waals surface area contributed by atoms with E-state index in [9.17, 15) is 18.8 Å². The second kappa shape index (κ2) is 8.23. The topological polar surface area (TPSA) is 88.4 Å². The molecule has 1 aromatic heterocycles. The Kier molecular flexibility index (Phi) is 5.32. The Bertz CT molecular complexity index is 1350. The van der Waals surface area contributed by atoms with Gasteiger partial charge in [0.25, 0.3) is 11.8 Å². The number of hydrogen-bond donors (Lipinski definition) is 2. The molecule has 31 heavy (non-hydrogen) atoms. The molecule has 0 saturated carbocycles. The number of carbonyl (C=O) groups excluding carboxylic acids is 2. The lowest BCUT2D eigenvalue weighted by Crippen LogP contribution is -2.41. The number of halogens is 1. The minimum Gasteiger partial charge on any atom is -0.455 e. The third kappa shape index (κ3) is 3.93. The van der Waals surface area contributed by atoms with Gasteiger partial charge in [0.05, 0.1) is 10.9 Å². The second-order valence-corrected chi connectivity index (χ2v) is 6.85. The predicted octanol–water partition coefficient (Wildman–Crippen LogP) is 3.98. The molecule has 2 N–H and O–H groups in total. The van der Waals surface area contributed by atoms with Crippen LogP contribution in [0.3, 0.4) is 0 Å². The van der Waals surface area contributed by atoms with E-state index in [0.29, 0.717) is 16.9 Å². The van der Waals surface area contributed by atoms with Gasteiger partial charge in [-0.1, -0.05) is 36.4 Å². The Balaban J connectivity index is 1.68. The Morgan fingerprint density at radius 1 is 0.839 bits per heavy atom. The molecule has 0 aliphatic carbocycles. The van der Waals surface area contributed by atoms with Gasteiger partial charge in [-0.15, -0.1) is 0 Å². The highest BCUT2D eigenvalue weighted by Gasteiger charge is 2.19. The lowest BCUT2D eigenvalue weighted by atomic mass is 10.0. The molecule has 0 saturated heterocycles. The normalized spacial score (nSPS) is 10.6. The molecule has 0 aliphatic heterocycles. The quantitative estimate of drug-likeness (QED) is 0.495. The maximum absolute atomic E-state index is 13.0. The fourth-order valence-corrected chi connectivity index (χ4v) is 3.21. The zero-order chi connectivity index (χ0) is 22.0. The van der Waals surface area contributed by atoms with E-state index in [4.69, 9.17) is 4.42 Å². The van der Waals surface area contributed by atoms with Crippen molar-refractivity contribution in [3.8, 4) is 11.3 Å². The Hall–Kier alpha value is -4.26. The van der Waals surface area contributed by atoms with E-state index in [1.165, 1.54) is 18.2 Å². The number of carbonyl (C=O) groups is 2. The molecule has 0 aliphatic rings. The van der Waals surface area contributed by atoms with E-state index in [1.54, 1.807) is 19.1 Å². The number of rotatable bonds is 3. The first-order chi connectivity index (χ1) is 15.0.